The van der Waals surface area contributed by atoms with Crippen LogP contribution in [0, 0.1) is 0 Å². The maximum Gasteiger partial charge on any atom is 0.416 e. The van der Waals surface area contributed by atoms with Crippen LogP contribution < -0.4 is 0 Å². The molecule has 0 aliphatic carbocycles. The van der Waals surface area contributed by atoms with Gasteiger partial charge in [-0.05, 0) is 51.1 Å². The van der Waals surface area contributed by atoms with Crippen LogP contribution >= 0.6 is 11.8 Å². The lowest BCUT2D eigenvalue weighted by Crippen LogP contribution is -2.19. The lowest BCUT2D eigenvalue weighted by Gasteiger charge is -2.14. The van der Waals surface area contributed by atoms with Gasteiger partial charge in [0.05, 0.1) is 23.0 Å². The van der Waals surface area contributed by atoms with Gasteiger partial charge in [0.15, 0.2) is 0 Å². The SMILES string of the molecule is COC(=O)c1ccccc1Sc1ccc(C(F)(F)F)cc1C=NS(=O)C(C)(C)C. The second-order valence-electron chi connectivity index (χ2n) is 6.94. The third kappa shape index (κ3) is 6.17. The Morgan fingerprint density at radius 1 is 1.10 bits per heavy atom. The standard InChI is InChI=1S/C20H20F3NO3S2/c1-19(2,3)29(26)24-12-13-11-14(20(21,22)23)9-10-16(13)28-17-8-6-5-7-15(17)18(25)27-4/h5-12H,1-4H3. The number of benzene rings is 2. The van der Waals surface area contributed by atoms with Crippen LogP contribution in [0.4, 0.5) is 13.2 Å². The first-order valence-corrected chi connectivity index (χ1v) is 10.4. The van der Waals surface area contributed by atoms with Gasteiger partial charge in [-0.2, -0.15) is 17.6 Å². The summed E-state index contributed by atoms with van der Waals surface area (Å²) in [5.41, 5.74) is -0.394. The van der Waals surface area contributed by atoms with Gasteiger partial charge in [0.2, 0.25) is 0 Å². The van der Waals surface area contributed by atoms with E-state index in [2.05, 4.69) is 4.40 Å². The summed E-state index contributed by atoms with van der Waals surface area (Å²) in [6.45, 7) is 5.15. The number of methoxy groups -OCH3 is 1. The molecule has 0 aromatic heterocycles. The van der Waals surface area contributed by atoms with Crippen molar-refractivity contribution in [1.82, 2.24) is 0 Å². The molecule has 0 fully saturated rings. The fraction of sp³-hybridized carbons (Fsp3) is 0.300. The number of hydrogen-bond donors (Lipinski definition) is 0. The summed E-state index contributed by atoms with van der Waals surface area (Å²) in [6.07, 6.45) is -3.35. The van der Waals surface area contributed by atoms with Gasteiger partial charge in [-0.3, -0.25) is 0 Å². The second kappa shape index (κ2) is 9.13. The molecular weight excluding hydrogens is 423 g/mol. The molecule has 29 heavy (non-hydrogen) atoms. The highest BCUT2D eigenvalue weighted by molar-refractivity contribution is 7.99. The molecule has 0 bridgehead atoms. The van der Waals surface area contributed by atoms with Crippen molar-refractivity contribution >= 4 is 34.9 Å². The molecule has 0 amide bonds. The Balaban J connectivity index is 2.51. The number of hydrogen-bond acceptors (Lipinski definition) is 4. The fourth-order valence-corrected chi connectivity index (χ4v) is 3.67. The van der Waals surface area contributed by atoms with Crippen molar-refractivity contribution in [3.63, 3.8) is 0 Å². The number of rotatable bonds is 5. The van der Waals surface area contributed by atoms with Crippen LogP contribution in [0.1, 0.15) is 42.3 Å². The molecule has 0 N–H and O–H groups in total. The molecule has 1 unspecified atom stereocenters. The average Bonchev–Trinajstić information content (AvgIpc) is 2.65. The van der Waals surface area contributed by atoms with Gasteiger partial charge in [0, 0.05) is 21.6 Å². The van der Waals surface area contributed by atoms with E-state index in [-0.39, 0.29) is 5.56 Å². The third-order valence-electron chi connectivity index (χ3n) is 3.66. The molecular formula is C20H20F3NO3S2. The lowest BCUT2D eigenvalue weighted by molar-refractivity contribution is -0.137. The quantitative estimate of drug-likeness (QED) is 0.451. The molecule has 0 heterocycles. The van der Waals surface area contributed by atoms with E-state index >= 15 is 0 Å². The van der Waals surface area contributed by atoms with Gasteiger partial charge in [-0.1, -0.05) is 23.9 Å². The Bertz CT molecular complexity index is 951. The minimum absolute atomic E-state index is 0.155. The van der Waals surface area contributed by atoms with E-state index in [0.717, 1.165) is 23.9 Å². The molecule has 156 valence electrons. The summed E-state index contributed by atoms with van der Waals surface area (Å²) in [5.74, 6) is -0.552. The van der Waals surface area contributed by atoms with Gasteiger partial charge >= 0.3 is 12.1 Å². The summed E-state index contributed by atoms with van der Waals surface area (Å²) in [7, 11) is -0.377. The van der Waals surface area contributed by atoms with Gasteiger partial charge in [-0.15, -0.1) is 0 Å². The minimum atomic E-state index is -4.53. The number of carbonyl (C=O) groups is 1. The van der Waals surface area contributed by atoms with Crippen molar-refractivity contribution in [2.45, 2.75) is 41.5 Å². The van der Waals surface area contributed by atoms with Crippen molar-refractivity contribution < 1.29 is 26.9 Å². The molecule has 9 heteroatoms. The summed E-state index contributed by atoms with van der Waals surface area (Å²) in [4.78, 5) is 12.9. The number of halogens is 3. The molecule has 0 aliphatic rings. The van der Waals surface area contributed by atoms with Gasteiger partial charge in [-0.25, -0.2) is 9.00 Å². The first kappa shape index (κ1) is 23.2. The van der Waals surface area contributed by atoms with Crippen molar-refractivity contribution in [2.75, 3.05) is 7.11 Å². The Morgan fingerprint density at radius 3 is 2.34 bits per heavy atom. The second-order valence-corrected chi connectivity index (χ2v) is 9.95. The van der Waals surface area contributed by atoms with E-state index in [4.69, 9.17) is 4.74 Å². The topological polar surface area (TPSA) is 55.7 Å². The zero-order valence-electron chi connectivity index (χ0n) is 16.2. The molecule has 2 aromatic rings. The van der Waals surface area contributed by atoms with E-state index in [9.17, 15) is 22.2 Å². The van der Waals surface area contributed by atoms with Crippen LogP contribution in [0.15, 0.2) is 56.7 Å². The van der Waals surface area contributed by atoms with Crippen LogP contribution in [-0.4, -0.2) is 28.2 Å². The highest BCUT2D eigenvalue weighted by Gasteiger charge is 2.31. The molecule has 0 saturated heterocycles. The Labute approximate surface area is 174 Å². The number of esters is 1. The van der Waals surface area contributed by atoms with Gasteiger partial charge in [0.25, 0.3) is 0 Å². The third-order valence-corrected chi connectivity index (χ3v) is 6.17. The highest BCUT2D eigenvalue weighted by Crippen LogP contribution is 2.36. The average molecular weight is 444 g/mol. The monoisotopic (exact) mass is 443 g/mol. The summed E-state index contributed by atoms with van der Waals surface area (Å²) in [6, 6.07) is 9.83. The van der Waals surface area contributed by atoms with Crippen molar-refractivity contribution in [2.24, 2.45) is 4.40 Å². The van der Waals surface area contributed by atoms with Crippen molar-refractivity contribution in [3.8, 4) is 0 Å². The number of nitrogens with zero attached hydrogens (tertiary/aromatic N) is 1. The molecule has 0 aliphatic heterocycles. The largest absolute Gasteiger partial charge is 0.465 e. The number of ether oxygens (including phenoxy) is 1. The minimum Gasteiger partial charge on any atom is -0.465 e. The zero-order valence-corrected chi connectivity index (χ0v) is 17.9. The van der Waals surface area contributed by atoms with E-state index in [1.54, 1.807) is 45.0 Å². The van der Waals surface area contributed by atoms with Gasteiger partial charge in [0.1, 0.15) is 11.0 Å². The fourth-order valence-electron chi connectivity index (χ4n) is 2.13. The maximum atomic E-state index is 13.2. The number of alkyl halides is 3. The highest BCUT2D eigenvalue weighted by atomic mass is 32.2. The Kier molecular flexibility index (Phi) is 7.29. The van der Waals surface area contributed by atoms with E-state index < -0.39 is 33.4 Å². The molecule has 1 atom stereocenters. The molecule has 0 saturated carbocycles. The molecule has 4 nitrogen and oxygen atoms in total. The lowest BCUT2D eigenvalue weighted by atomic mass is 10.1. The predicted molar refractivity (Wildman–Crippen MR) is 109 cm³/mol. The van der Waals surface area contributed by atoms with Crippen molar-refractivity contribution in [1.29, 1.82) is 0 Å². The molecule has 0 radical (unpaired) electrons. The first-order valence-electron chi connectivity index (χ1n) is 8.46. The first-order chi connectivity index (χ1) is 13.4. The summed E-state index contributed by atoms with van der Waals surface area (Å²) >= 11 is 1.10. The Hall–Kier alpha value is -2.13. The molecule has 0 spiro atoms. The zero-order chi connectivity index (χ0) is 21.8. The molecule has 2 rings (SSSR count). The maximum absolute atomic E-state index is 13.2. The summed E-state index contributed by atoms with van der Waals surface area (Å²) in [5, 5.41) is 0. The normalized spacial score (nSPS) is 13.5. The van der Waals surface area contributed by atoms with E-state index in [1.165, 1.54) is 19.4 Å². The van der Waals surface area contributed by atoms with E-state index in [1.807, 2.05) is 0 Å². The smallest absolute Gasteiger partial charge is 0.416 e. The van der Waals surface area contributed by atoms with Gasteiger partial charge < -0.3 is 4.74 Å². The Morgan fingerprint density at radius 2 is 1.76 bits per heavy atom. The number of carbonyl (C=O) groups excluding carboxylic acids is 1. The van der Waals surface area contributed by atoms with Crippen LogP contribution in [0.5, 0.6) is 0 Å². The molecule has 2 aromatic carbocycles. The summed E-state index contributed by atoms with van der Waals surface area (Å²) < 4.78 is 59.7. The van der Waals surface area contributed by atoms with E-state index in [0.29, 0.717) is 15.4 Å². The van der Waals surface area contributed by atoms with Crippen LogP contribution in [0.25, 0.3) is 0 Å². The predicted octanol–water partition coefficient (Wildman–Crippen LogP) is 5.52. The van der Waals surface area contributed by atoms with Crippen molar-refractivity contribution in [3.05, 3.63) is 59.2 Å². The van der Waals surface area contributed by atoms with Crippen LogP contribution in [0.2, 0.25) is 0 Å². The van der Waals surface area contributed by atoms with Crippen LogP contribution in [-0.2, 0) is 21.9 Å². The van der Waals surface area contributed by atoms with Crippen LogP contribution in [0.3, 0.4) is 0 Å².